The van der Waals surface area contributed by atoms with Crippen LogP contribution in [0.4, 0.5) is 0 Å². The van der Waals surface area contributed by atoms with Crippen molar-refractivity contribution in [3.05, 3.63) is 146 Å². The molecule has 0 aliphatic rings. The van der Waals surface area contributed by atoms with E-state index in [2.05, 4.69) is 140 Å². The highest BCUT2D eigenvalue weighted by molar-refractivity contribution is 6.13. The van der Waals surface area contributed by atoms with Gasteiger partial charge in [-0.15, -0.1) is 0 Å². The van der Waals surface area contributed by atoms with Crippen LogP contribution in [-0.4, -0.2) is 9.97 Å². The van der Waals surface area contributed by atoms with Crippen molar-refractivity contribution in [1.82, 2.24) is 9.97 Å². The second-order valence-electron chi connectivity index (χ2n) is 10.3. The monoisotopic (exact) mass is 508 g/mol. The lowest BCUT2D eigenvalue weighted by molar-refractivity contribution is 1.39. The Morgan fingerprint density at radius 3 is 1.73 bits per heavy atom. The number of nitrogens with zero attached hydrogens (tertiary/aromatic N) is 2. The summed E-state index contributed by atoms with van der Waals surface area (Å²) >= 11 is 0. The first-order chi connectivity index (χ1) is 19.8. The molecule has 40 heavy (non-hydrogen) atoms. The van der Waals surface area contributed by atoms with Gasteiger partial charge in [-0.2, -0.15) is 0 Å². The van der Waals surface area contributed by atoms with E-state index in [1.807, 2.05) is 6.07 Å². The fourth-order valence-corrected chi connectivity index (χ4v) is 5.73. The topological polar surface area (TPSA) is 25.8 Å². The predicted octanol–water partition coefficient (Wildman–Crippen LogP) is 10.1. The Hall–Kier alpha value is -5.34. The van der Waals surface area contributed by atoms with Crippen molar-refractivity contribution in [2.24, 2.45) is 0 Å². The molecule has 0 saturated carbocycles. The number of benzene rings is 6. The van der Waals surface area contributed by atoms with E-state index in [0.29, 0.717) is 0 Å². The molecule has 0 saturated heterocycles. The second-order valence-corrected chi connectivity index (χ2v) is 10.3. The molecule has 186 valence electrons. The number of aromatic nitrogens is 2. The average molecular weight is 509 g/mol. The van der Waals surface area contributed by atoms with Crippen molar-refractivity contribution in [3.63, 3.8) is 0 Å². The van der Waals surface area contributed by atoms with Gasteiger partial charge in [0.15, 0.2) is 0 Å². The summed E-state index contributed by atoms with van der Waals surface area (Å²) in [4.78, 5) is 10.6. The molecule has 0 spiro atoms. The molecule has 0 bridgehead atoms. The minimum atomic E-state index is 0.910. The maximum absolute atomic E-state index is 5.31. The fourth-order valence-electron chi connectivity index (χ4n) is 5.73. The van der Waals surface area contributed by atoms with Gasteiger partial charge in [0.25, 0.3) is 0 Å². The summed E-state index contributed by atoms with van der Waals surface area (Å²) in [5.74, 6) is 0. The standard InChI is InChI=1S/C38H24N2/c1-3-9-25(10-4-1)29-19-20-35-33(22-29)34-23-31-17-16-30(26-11-5-2-6-12-26)24-36(31)40-38(34)37(39-35)32-18-15-27-13-7-8-14-28(27)21-32/h1-24H. The molecule has 0 aliphatic heterocycles. The summed E-state index contributed by atoms with van der Waals surface area (Å²) in [5.41, 5.74) is 9.56. The van der Waals surface area contributed by atoms with Crippen LogP contribution in [-0.2, 0) is 0 Å². The van der Waals surface area contributed by atoms with Gasteiger partial charge < -0.3 is 0 Å². The van der Waals surface area contributed by atoms with Gasteiger partial charge in [-0.05, 0) is 63.4 Å². The van der Waals surface area contributed by atoms with Crippen molar-refractivity contribution < 1.29 is 0 Å². The quantitative estimate of drug-likeness (QED) is 0.175. The smallest absolute Gasteiger partial charge is 0.0979 e. The second kappa shape index (κ2) is 9.14. The average Bonchev–Trinajstić information content (AvgIpc) is 3.03. The number of rotatable bonds is 3. The van der Waals surface area contributed by atoms with Crippen LogP contribution in [0.3, 0.4) is 0 Å². The van der Waals surface area contributed by atoms with E-state index >= 15 is 0 Å². The Kier molecular flexibility index (Phi) is 5.17. The SMILES string of the molecule is c1ccc(-c2ccc3cc4c(nc3c2)c(-c2ccc3ccccc3c2)nc2ccc(-c3ccccc3)cc24)cc1. The predicted molar refractivity (Wildman–Crippen MR) is 168 cm³/mol. The Morgan fingerprint density at radius 2 is 0.950 bits per heavy atom. The van der Waals surface area contributed by atoms with Gasteiger partial charge in [0.2, 0.25) is 0 Å². The molecule has 0 aliphatic carbocycles. The van der Waals surface area contributed by atoms with Crippen LogP contribution in [0, 0.1) is 0 Å². The van der Waals surface area contributed by atoms with Crippen LogP contribution in [0.15, 0.2) is 146 Å². The fraction of sp³-hybridized carbons (Fsp3) is 0. The molecule has 8 rings (SSSR count). The van der Waals surface area contributed by atoms with Gasteiger partial charge in [-0.25, -0.2) is 9.97 Å². The maximum Gasteiger partial charge on any atom is 0.0979 e. The highest BCUT2D eigenvalue weighted by atomic mass is 14.8. The van der Waals surface area contributed by atoms with E-state index in [1.54, 1.807) is 0 Å². The number of pyridine rings is 2. The lowest BCUT2D eigenvalue weighted by atomic mass is 9.97. The third-order valence-corrected chi connectivity index (χ3v) is 7.80. The molecule has 6 aromatic carbocycles. The zero-order valence-corrected chi connectivity index (χ0v) is 21.8. The summed E-state index contributed by atoms with van der Waals surface area (Å²) in [7, 11) is 0. The van der Waals surface area contributed by atoms with E-state index in [1.165, 1.54) is 27.5 Å². The van der Waals surface area contributed by atoms with E-state index in [4.69, 9.17) is 9.97 Å². The lowest BCUT2D eigenvalue weighted by Crippen LogP contribution is -1.94. The minimum absolute atomic E-state index is 0.910. The van der Waals surface area contributed by atoms with E-state index in [9.17, 15) is 0 Å². The molecule has 2 heterocycles. The molecule has 0 amide bonds. The zero-order valence-electron chi connectivity index (χ0n) is 21.8. The summed E-state index contributed by atoms with van der Waals surface area (Å²) < 4.78 is 0. The first kappa shape index (κ1) is 22.6. The summed E-state index contributed by atoms with van der Waals surface area (Å²) in [6, 6.07) is 51.5. The zero-order chi connectivity index (χ0) is 26.5. The van der Waals surface area contributed by atoms with Gasteiger partial charge in [-0.1, -0.05) is 115 Å². The highest BCUT2D eigenvalue weighted by Crippen LogP contribution is 2.37. The summed E-state index contributed by atoms with van der Waals surface area (Å²) in [5, 5.41) is 5.76. The van der Waals surface area contributed by atoms with Gasteiger partial charge in [-0.3, -0.25) is 0 Å². The van der Waals surface area contributed by atoms with Gasteiger partial charge >= 0.3 is 0 Å². The molecular weight excluding hydrogens is 484 g/mol. The number of fused-ring (bicyclic) bond motifs is 5. The Labute approximate surface area is 232 Å². The van der Waals surface area contributed by atoms with Gasteiger partial charge in [0, 0.05) is 21.7 Å². The van der Waals surface area contributed by atoms with E-state index in [-0.39, 0.29) is 0 Å². The van der Waals surface area contributed by atoms with Crippen LogP contribution in [0.5, 0.6) is 0 Å². The number of hydrogen-bond donors (Lipinski definition) is 0. The largest absolute Gasteiger partial charge is 0.245 e. The molecule has 0 unspecified atom stereocenters. The molecular formula is C38H24N2. The maximum atomic E-state index is 5.31. The summed E-state index contributed by atoms with van der Waals surface area (Å²) in [6.07, 6.45) is 0. The third-order valence-electron chi connectivity index (χ3n) is 7.80. The molecule has 0 fully saturated rings. The van der Waals surface area contributed by atoms with Crippen molar-refractivity contribution in [2.45, 2.75) is 0 Å². The summed E-state index contributed by atoms with van der Waals surface area (Å²) in [6.45, 7) is 0. The molecule has 8 aromatic rings. The first-order valence-corrected chi connectivity index (χ1v) is 13.6. The lowest BCUT2D eigenvalue weighted by Gasteiger charge is -2.13. The number of hydrogen-bond acceptors (Lipinski definition) is 2. The van der Waals surface area contributed by atoms with Crippen LogP contribution in [0.2, 0.25) is 0 Å². The molecule has 2 heteroatoms. The first-order valence-electron chi connectivity index (χ1n) is 13.6. The highest BCUT2D eigenvalue weighted by Gasteiger charge is 2.15. The third kappa shape index (κ3) is 3.81. The molecule has 0 N–H and O–H groups in total. The normalized spacial score (nSPS) is 11.5. The van der Waals surface area contributed by atoms with E-state index in [0.717, 1.165) is 49.5 Å². The van der Waals surface area contributed by atoms with Crippen molar-refractivity contribution >= 4 is 43.5 Å². The van der Waals surface area contributed by atoms with Crippen molar-refractivity contribution in [2.75, 3.05) is 0 Å². The Balaban J connectivity index is 1.43. The minimum Gasteiger partial charge on any atom is -0.245 e. The Bertz CT molecular complexity index is 2200. The van der Waals surface area contributed by atoms with Crippen LogP contribution >= 0.6 is 0 Å². The van der Waals surface area contributed by atoms with Crippen molar-refractivity contribution in [1.29, 1.82) is 0 Å². The van der Waals surface area contributed by atoms with Gasteiger partial charge in [0.1, 0.15) is 0 Å². The molecule has 2 aromatic heterocycles. The molecule has 2 nitrogen and oxygen atoms in total. The molecule has 0 radical (unpaired) electrons. The molecule has 0 atom stereocenters. The van der Waals surface area contributed by atoms with Crippen LogP contribution < -0.4 is 0 Å². The van der Waals surface area contributed by atoms with Crippen LogP contribution in [0.25, 0.3) is 77.0 Å². The van der Waals surface area contributed by atoms with Crippen molar-refractivity contribution in [3.8, 4) is 33.5 Å². The van der Waals surface area contributed by atoms with Gasteiger partial charge in [0.05, 0.1) is 22.2 Å². The van der Waals surface area contributed by atoms with E-state index < -0.39 is 0 Å². The van der Waals surface area contributed by atoms with Crippen LogP contribution in [0.1, 0.15) is 0 Å². The Morgan fingerprint density at radius 1 is 0.325 bits per heavy atom.